The zero-order chi connectivity index (χ0) is 22.3. The van der Waals surface area contributed by atoms with Crippen molar-refractivity contribution in [1.82, 2.24) is 9.38 Å². The van der Waals surface area contributed by atoms with Crippen molar-refractivity contribution in [1.29, 1.82) is 0 Å². The zero-order valence-corrected chi connectivity index (χ0v) is 19.7. The van der Waals surface area contributed by atoms with E-state index in [1.165, 1.54) is 12.0 Å². The largest absolute Gasteiger partial charge is 0.321 e. The molecule has 3 nitrogen and oxygen atoms in total. The third-order valence-corrected chi connectivity index (χ3v) is 6.87. The van der Waals surface area contributed by atoms with Gasteiger partial charge in [-0.3, -0.25) is 4.40 Å². The minimum atomic E-state index is -0.877. The number of rotatable bonds is 3. The summed E-state index contributed by atoms with van der Waals surface area (Å²) in [5, 5.41) is 3.40. The highest BCUT2D eigenvalue weighted by atomic mass is 32.3. The van der Waals surface area contributed by atoms with E-state index < -0.39 is 10.0 Å². The number of nitrogens with zero attached hydrogens (tertiary/aromatic N) is 2. The molecule has 5 rings (SSSR count). The Hall–Kier alpha value is -3.00. The molecule has 0 saturated heterocycles. The van der Waals surface area contributed by atoms with Gasteiger partial charge in [-0.2, -0.15) is 10.0 Å². The summed E-state index contributed by atoms with van der Waals surface area (Å²) in [4.78, 5) is 5.06. The molecular formula is C28H29N3S. The molecule has 2 heterocycles. The molecule has 32 heavy (non-hydrogen) atoms. The highest BCUT2D eigenvalue weighted by Gasteiger charge is 2.34. The van der Waals surface area contributed by atoms with E-state index in [1.807, 2.05) is 6.07 Å². The molecule has 4 aromatic rings. The first-order valence-electron chi connectivity index (χ1n) is 11.0. The number of fused-ring (bicyclic) bond motifs is 1. The van der Waals surface area contributed by atoms with Gasteiger partial charge in [0, 0.05) is 28.4 Å². The van der Waals surface area contributed by atoms with Crippen LogP contribution in [0.1, 0.15) is 30.4 Å². The Morgan fingerprint density at radius 1 is 0.938 bits per heavy atom. The summed E-state index contributed by atoms with van der Waals surface area (Å²) in [6.45, 7) is 0. The number of benzene rings is 2. The summed E-state index contributed by atoms with van der Waals surface area (Å²) in [5.41, 5.74) is 13.8. The Morgan fingerprint density at radius 3 is 2.28 bits per heavy atom. The topological polar surface area (TPSA) is 43.3 Å². The third-order valence-electron chi connectivity index (χ3n) is 6.15. The summed E-state index contributed by atoms with van der Waals surface area (Å²) < 4.78 is 2.17. The van der Waals surface area contributed by atoms with Crippen LogP contribution in [0.5, 0.6) is 0 Å². The standard InChI is InChI=1S/C28H29N3S/c1-32(2,3)19-15-21-14-18-31-25(20-21)30-26(27(31)23-8-5-4-6-9-23)22-10-12-24(13-11-22)28(29)16-7-17-28/h4-6,8-14,18,20H,7,16-17,29H2,1-3H3. The number of pyridine rings is 1. The van der Waals surface area contributed by atoms with Crippen LogP contribution in [-0.2, 0) is 5.54 Å². The molecule has 162 valence electrons. The maximum Gasteiger partial charge on any atom is 0.139 e. The lowest BCUT2D eigenvalue weighted by atomic mass is 9.72. The normalized spacial score (nSPS) is 15.6. The van der Waals surface area contributed by atoms with Gasteiger partial charge in [0.2, 0.25) is 0 Å². The number of hydrogen-bond donors (Lipinski definition) is 1. The van der Waals surface area contributed by atoms with Gasteiger partial charge in [0.15, 0.2) is 0 Å². The van der Waals surface area contributed by atoms with Crippen LogP contribution in [0.3, 0.4) is 0 Å². The molecule has 2 aromatic carbocycles. The lowest BCUT2D eigenvalue weighted by Gasteiger charge is -2.38. The molecule has 0 unspecified atom stereocenters. The van der Waals surface area contributed by atoms with Crippen molar-refractivity contribution < 1.29 is 0 Å². The number of aromatic nitrogens is 2. The van der Waals surface area contributed by atoms with Gasteiger partial charge in [-0.1, -0.05) is 60.5 Å². The summed E-state index contributed by atoms with van der Waals surface area (Å²) in [7, 11) is -0.877. The smallest absolute Gasteiger partial charge is 0.139 e. The summed E-state index contributed by atoms with van der Waals surface area (Å²) in [6, 6.07) is 23.3. The highest BCUT2D eigenvalue weighted by molar-refractivity contribution is 8.35. The predicted molar refractivity (Wildman–Crippen MR) is 138 cm³/mol. The zero-order valence-electron chi connectivity index (χ0n) is 18.9. The quantitative estimate of drug-likeness (QED) is 0.397. The molecular weight excluding hydrogens is 410 g/mol. The summed E-state index contributed by atoms with van der Waals surface area (Å²) >= 11 is 0. The molecule has 0 spiro atoms. The average Bonchev–Trinajstić information content (AvgIpc) is 3.15. The van der Waals surface area contributed by atoms with Crippen LogP contribution in [0.2, 0.25) is 0 Å². The summed E-state index contributed by atoms with van der Waals surface area (Å²) in [6.07, 6.45) is 12.1. The van der Waals surface area contributed by atoms with Crippen molar-refractivity contribution >= 4 is 15.7 Å². The third kappa shape index (κ3) is 3.95. The molecule has 1 fully saturated rings. The van der Waals surface area contributed by atoms with Crippen molar-refractivity contribution in [2.24, 2.45) is 5.73 Å². The van der Waals surface area contributed by atoms with Crippen molar-refractivity contribution in [2.75, 3.05) is 18.8 Å². The predicted octanol–water partition coefficient (Wildman–Crippen LogP) is 6.01. The van der Waals surface area contributed by atoms with E-state index in [0.29, 0.717) is 0 Å². The Labute approximate surface area is 192 Å². The van der Waals surface area contributed by atoms with Gasteiger partial charge in [-0.05, 0) is 61.0 Å². The van der Waals surface area contributed by atoms with Crippen molar-refractivity contribution in [2.45, 2.75) is 24.8 Å². The lowest BCUT2D eigenvalue weighted by molar-refractivity contribution is 0.253. The van der Waals surface area contributed by atoms with Gasteiger partial charge in [0.1, 0.15) is 5.65 Å². The minimum Gasteiger partial charge on any atom is -0.321 e. The summed E-state index contributed by atoms with van der Waals surface area (Å²) in [5.74, 6) is 3.34. The lowest BCUT2D eigenvalue weighted by Crippen LogP contribution is -2.43. The fourth-order valence-electron chi connectivity index (χ4n) is 4.21. The maximum atomic E-state index is 6.54. The molecule has 0 atom stereocenters. The Balaban J connectivity index is 1.64. The van der Waals surface area contributed by atoms with E-state index in [2.05, 4.69) is 101 Å². The van der Waals surface area contributed by atoms with E-state index >= 15 is 0 Å². The van der Waals surface area contributed by atoms with E-state index in [-0.39, 0.29) is 5.54 Å². The van der Waals surface area contributed by atoms with Crippen LogP contribution in [0, 0.1) is 11.2 Å². The molecule has 1 aliphatic rings. The van der Waals surface area contributed by atoms with Crippen LogP contribution >= 0.6 is 10.0 Å². The van der Waals surface area contributed by atoms with E-state index in [1.54, 1.807) is 0 Å². The first-order chi connectivity index (χ1) is 15.3. The van der Waals surface area contributed by atoms with Gasteiger partial charge in [0.25, 0.3) is 0 Å². The van der Waals surface area contributed by atoms with Gasteiger partial charge in [-0.25, -0.2) is 4.98 Å². The fraction of sp³-hybridized carbons (Fsp3) is 0.250. The van der Waals surface area contributed by atoms with Crippen LogP contribution in [-0.4, -0.2) is 28.2 Å². The average molecular weight is 440 g/mol. The first kappa shape index (κ1) is 20.9. The number of nitrogens with two attached hydrogens (primary N) is 1. The monoisotopic (exact) mass is 439 g/mol. The molecule has 4 heteroatoms. The number of imidazole rings is 1. The Morgan fingerprint density at radius 2 is 1.66 bits per heavy atom. The molecule has 0 bridgehead atoms. The Kier molecular flexibility index (Phi) is 5.12. The first-order valence-corrected chi connectivity index (χ1v) is 13.9. The van der Waals surface area contributed by atoms with Gasteiger partial charge in [0.05, 0.1) is 11.4 Å². The number of hydrogen-bond acceptors (Lipinski definition) is 2. The van der Waals surface area contributed by atoms with Crippen molar-refractivity contribution in [3.8, 4) is 33.7 Å². The second-order valence-electron chi connectivity index (χ2n) is 9.47. The SMILES string of the molecule is CS(C)(C)C#Cc1ccn2c(-c3ccccc3)c(-c3ccc(C4(N)CCC4)cc3)nc2c1. The van der Waals surface area contributed by atoms with Crippen LogP contribution in [0.4, 0.5) is 0 Å². The minimum absolute atomic E-state index is 0.150. The molecule has 1 saturated carbocycles. The van der Waals surface area contributed by atoms with Crippen LogP contribution in [0.15, 0.2) is 72.9 Å². The maximum absolute atomic E-state index is 6.54. The van der Waals surface area contributed by atoms with Crippen LogP contribution in [0.25, 0.3) is 28.2 Å². The Bertz CT molecular complexity index is 1330. The molecule has 1 aliphatic carbocycles. The van der Waals surface area contributed by atoms with Gasteiger partial charge >= 0.3 is 0 Å². The van der Waals surface area contributed by atoms with Crippen molar-refractivity contribution in [3.63, 3.8) is 0 Å². The van der Waals surface area contributed by atoms with E-state index in [0.717, 1.165) is 46.6 Å². The van der Waals surface area contributed by atoms with E-state index in [4.69, 9.17) is 10.7 Å². The molecule has 2 aromatic heterocycles. The molecule has 0 aliphatic heterocycles. The van der Waals surface area contributed by atoms with Gasteiger partial charge in [-0.15, -0.1) is 0 Å². The molecule has 2 N–H and O–H groups in total. The van der Waals surface area contributed by atoms with Gasteiger partial charge < -0.3 is 5.73 Å². The van der Waals surface area contributed by atoms with Crippen LogP contribution < -0.4 is 5.73 Å². The van der Waals surface area contributed by atoms with E-state index in [9.17, 15) is 0 Å². The fourth-order valence-corrected chi connectivity index (χ4v) is 4.64. The molecule has 0 radical (unpaired) electrons. The van der Waals surface area contributed by atoms with Crippen molar-refractivity contribution in [3.05, 3.63) is 84.1 Å². The molecule has 0 amide bonds. The second-order valence-corrected chi connectivity index (χ2v) is 13.3. The highest BCUT2D eigenvalue weighted by Crippen LogP contribution is 2.40. The second kappa shape index (κ2) is 7.85.